The highest BCUT2D eigenvalue weighted by atomic mass is 16.5. The zero-order valence-corrected chi connectivity index (χ0v) is 11.1. The number of carbonyl (C=O) groups excluding carboxylic acids is 1. The Hall–Kier alpha value is -1.82. The highest BCUT2D eigenvalue weighted by Crippen LogP contribution is 2.08. The van der Waals surface area contributed by atoms with Gasteiger partial charge in [-0.25, -0.2) is 0 Å². The summed E-state index contributed by atoms with van der Waals surface area (Å²) in [6, 6.07) is 1.14. The number of ether oxygens (including phenoxy) is 1. The summed E-state index contributed by atoms with van der Waals surface area (Å²) in [6.45, 7) is 3.81. The molecule has 0 saturated heterocycles. The van der Waals surface area contributed by atoms with Crippen LogP contribution in [0, 0.1) is 0 Å². The van der Waals surface area contributed by atoms with Gasteiger partial charge in [0.25, 0.3) is 5.91 Å². The highest BCUT2D eigenvalue weighted by Gasteiger charge is 2.16. The van der Waals surface area contributed by atoms with Crippen molar-refractivity contribution < 1.29 is 19.1 Å². The fraction of sp³-hybridized carbons (Fsp3) is 0.538. The standard InChI is InChI=1S/C13H19NO5/c1-3-4-5-14-13(17)9(2)19-12-8-18-10(7-15)6-11(12)16/h6,8-9,15H,3-5,7H2,1-2H3,(H,14,17). The second-order valence-electron chi connectivity index (χ2n) is 4.14. The largest absolute Gasteiger partial charge is 0.474 e. The Morgan fingerprint density at radius 3 is 2.89 bits per heavy atom. The van der Waals surface area contributed by atoms with Crippen LogP contribution in [0.2, 0.25) is 0 Å². The molecular formula is C13H19NO5. The van der Waals surface area contributed by atoms with Gasteiger partial charge in [0, 0.05) is 12.6 Å². The van der Waals surface area contributed by atoms with Gasteiger partial charge >= 0.3 is 0 Å². The molecule has 6 nitrogen and oxygen atoms in total. The molecule has 106 valence electrons. The quantitative estimate of drug-likeness (QED) is 0.715. The van der Waals surface area contributed by atoms with E-state index in [0.717, 1.165) is 25.2 Å². The van der Waals surface area contributed by atoms with Crippen LogP contribution in [0.5, 0.6) is 5.75 Å². The van der Waals surface area contributed by atoms with Crippen molar-refractivity contribution in [2.24, 2.45) is 0 Å². The van der Waals surface area contributed by atoms with E-state index in [0.29, 0.717) is 6.54 Å². The van der Waals surface area contributed by atoms with Gasteiger partial charge in [0.15, 0.2) is 6.10 Å². The Morgan fingerprint density at radius 1 is 1.58 bits per heavy atom. The lowest BCUT2D eigenvalue weighted by Gasteiger charge is -2.13. The Bertz CT molecular complexity index is 468. The minimum atomic E-state index is -0.778. The van der Waals surface area contributed by atoms with E-state index >= 15 is 0 Å². The van der Waals surface area contributed by atoms with Crippen LogP contribution < -0.4 is 15.5 Å². The highest BCUT2D eigenvalue weighted by molar-refractivity contribution is 5.80. The molecule has 0 radical (unpaired) electrons. The fourth-order valence-corrected chi connectivity index (χ4v) is 1.38. The predicted octanol–water partition coefficient (Wildman–Crippen LogP) is 0.816. The average molecular weight is 269 g/mol. The zero-order chi connectivity index (χ0) is 14.3. The van der Waals surface area contributed by atoms with Gasteiger partial charge in [0.1, 0.15) is 18.6 Å². The number of hydrogen-bond acceptors (Lipinski definition) is 5. The lowest BCUT2D eigenvalue weighted by molar-refractivity contribution is -0.127. The second-order valence-corrected chi connectivity index (χ2v) is 4.14. The van der Waals surface area contributed by atoms with Gasteiger partial charge in [0.2, 0.25) is 11.2 Å². The van der Waals surface area contributed by atoms with Crippen LogP contribution in [0.25, 0.3) is 0 Å². The van der Waals surface area contributed by atoms with Crippen molar-refractivity contribution >= 4 is 5.91 Å². The fourth-order valence-electron chi connectivity index (χ4n) is 1.38. The minimum absolute atomic E-state index is 0.0460. The number of aliphatic hydroxyl groups excluding tert-OH is 1. The summed E-state index contributed by atoms with van der Waals surface area (Å²) in [6.07, 6.45) is 2.21. The van der Waals surface area contributed by atoms with Gasteiger partial charge in [-0.05, 0) is 13.3 Å². The molecule has 1 atom stereocenters. The van der Waals surface area contributed by atoms with Gasteiger partial charge in [-0.2, -0.15) is 0 Å². The SMILES string of the molecule is CCCCNC(=O)C(C)Oc1coc(CO)cc1=O. The number of carbonyl (C=O) groups is 1. The first-order valence-electron chi connectivity index (χ1n) is 6.25. The third kappa shape index (κ3) is 4.75. The van der Waals surface area contributed by atoms with Gasteiger partial charge in [0.05, 0.1) is 0 Å². The Kier molecular flexibility index (Phi) is 6.08. The molecule has 0 aromatic carbocycles. The van der Waals surface area contributed by atoms with Crippen molar-refractivity contribution in [2.75, 3.05) is 6.54 Å². The third-order valence-corrected chi connectivity index (χ3v) is 2.51. The number of rotatable bonds is 7. The number of unbranched alkanes of at least 4 members (excludes halogenated alkanes) is 1. The number of hydrogen-bond donors (Lipinski definition) is 2. The topological polar surface area (TPSA) is 88.8 Å². The maximum absolute atomic E-state index is 11.6. The van der Waals surface area contributed by atoms with Gasteiger partial charge in [-0.15, -0.1) is 0 Å². The summed E-state index contributed by atoms with van der Waals surface area (Å²) in [5.74, 6) is -0.174. The number of amides is 1. The predicted molar refractivity (Wildman–Crippen MR) is 68.9 cm³/mol. The summed E-state index contributed by atoms with van der Waals surface area (Å²) < 4.78 is 10.2. The van der Waals surface area contributed by atoms with Crippen LogP contribution in [-0.2, 0) is 11.4 Å². The van der Waals surface area contributed by atoms with Crippen LogP contribution in [0.4, 0.5) is 0 Å². The molecule has 0 aliphatic carbocycles. The first-order valence-corrected chi connectivity index (χ1v) is 6.25. The van der Waals surface area contributed by atoms with Crippen molar-refractivity contribution in [1.29, 1.82) is 0 Å². The van der Waals surface area contributed by atoms with Crippen LogP contribution in [-0.4, -0.2) is 23.7 Å². The molecule has 0 saturated carbocycles. The maximum atomic E-state index is 11.6. The van der Waals surface area contributed by atoms with Crippen LogP contribution in [0.1, 0.15) is 32.4 Å². The van der Waals surface area contributed by atoms with Gasteiger partial charge < -0.3 is 19.6 Å². The Labute approximate surface area is 111 Å². The molecular weight excluding hydrogens is 250 g/mol. The normalized spacial score (nSPS) is 11.9. The third-order valence-electron chi connectivity index (χ3n) is 2.51. The van der Waals surface area contributed by atoms with Crippen LogP contribution in [0.3, 0.4) is 0 Å². The molecule has 1 aromatic rings. The van der Waals surface area contributed by atoms with E-state index in [9.17, 15) is 9.59 Å². The lowest BCUT2D eigenvalue weighted by Crippen LogP contribution is -2.37. The van der Waals surface area contributed by atoms with E-state index < -0.39 is 11.5 Å². The van der Waals surface area contributed by atoms with E-state index in [-0.39, 0.29) is 24.0 Å². The zero-order valence-electron chi connectivity index (χ0n) is 11.1. The molecule has 1 unspecified atom stereocenters. The minimum Gasteiger partial charge on any atom is -0.474 e. The van der Waals surface area contributed by atoms with Crippen molar-refractivity contribution in [2.45, 2.75) is 39.4 Å². The van der Waals surface area contributed by atoms with Crippen molar-refractivity contribution in [3.8, 4) is 5.75 Å². The molecule has 19 heavy (non-hydrogen) atoms. The first kappa shape index (κ1) is 15.2. The molecule has 6 heteroatoms. The van der Waals surface area contributed by atoms with Crippen molar-refractivity contribution in [3.05, 3.63) is 28.3 Å². The molecule has 1 heterocycles. The van der Waals surface area contributed by atoms with Crippen molar-refractivity contribution in [3.63, 3.8) is 0 Å². The van der Waals surface area contributed by atoms with E-state index in [1.807, 2.05) is 6.92 Å². The van der Waals surface area contributed by atoms with Crippen molar-refractivity contribution in [1.82, 2.24) is 5.32 Å². The summed E-state index contributed by atoms with van der Waals surface area (Å²) >= 11 is 0. The van der Waals surface area contributed by atoms with Crippen LogP contribution in [0.15, 0.2) is 21.5 Å². The van der Waals surface area contributed by atoms with E-state index in [1.54, 1.807) is 6.92 Å². The van der Waals surface area contributed by atoms with Gasteiger partial charge in [-0.1, -0.05) is 13.3 Å². The van der Waals surface area contributed by atoms with E-state index in [1.165, 1.54) is 0 Å². The average Bonchev–Trinajstić information content (AvgIpc) is 2.41. The lowest BCUT2D eigenvalue weighted by atomic mass is 10.3. The molecule has 0 aliphatic heterocycles. The van der Waals surface area contributed by atoms with Crippen LogP contribution >= 0.6 is 0 Å². The molecule has 2 N–H and O–H groups in total. The molecule has 1 rings (SSSR count). The first-order chi connectivity index (χ1) is 9.08. The summed E-state index contributed by atoms with van der Waals surface area (Å²) in [5, 5.41) is 11.5. The smallest absolute Gasteiger partial charge is 0.260 e. The molecule has 0 fully saturated rings. The van der Waals surface area contributed by atoms with E-state index in [2.05, 4.69) is 5.32 Å². The second kappa shape index (κ2) is 7.58. The molecule has 1 amide bonds. The molecule has 0 spiro atoms. The number of aliphatic hydroxyl groups is 1. The Balaban J connectivity index is 2.59. The van der Waals surface area contributed by atoms with Gasteiger partial charge in [-0.3, -0.25) is 9.59 Å². The maximum Gasteiger partial charge on any atom is 0.260 e. The summed E-state index contributed by atoms with van der Waals surface area (Å²) in [5.41, 5.74) is -0.427. The monoisotopic (exact) mass is 269 g/mol. The number of nitrogens with one attached hydrogen (secondary N) is 1. The molecule has 0 aliphatic rings. The molecule has 1 aromatic heterocycles. The summed E-state index contributed by atoms with van der Waals surface area (Å²) in [4.78, 5) is 23.2. The Morgan fingerprint density at radius 2 is 2.32 bits per heavy atom. The molecule has 0 bridgehead atoms. The summed E-state index contributed by atoms with van der Waals surface area (Å²) in [7, 11) is 0. The van der Waals surface area contributed by atoms with E-state index in [4.69, 9.17) is 14.3 Å².